The van der Waals surface area contributed by atoms with Crippen LogP contribution in [0.25, 0.3) is 0 Å². The standard InChI is InChI=1S/C22H23ClFN5O5S/c1-25-35(32,33)34-18-8-17(19(24)21(18)31)28-22-16(9-26-12-27-22)20(30)14-5-6-29(11-14)10-13-3-2-4-15(23)7-13/h2-7,9,11-12,17-19,21,25,31H,8,10H2,1H3,(H,26,27,28)/t17-,18-,19-,21-/m1/s1. The van der Waals surface area contributed by atoms with Crippen molar-refractivity contribution in [1.82, 2.24) is 19.3 Å². The second-order valence-corrected chi connectivity index (χ2v) is 9.98. The number of nitrogens with zero attached hydrogens (tertiary/aromatic N) is 3. The van der Waals surface area contributed by atoms with Crippen molar-refractivity contribution >= 4 is 33.5 Å². The average molecular weight is 524 g/mol. The van der Waals surface area contributed by atoms with Crippen molar-refractivity contribution in [3.05, 3.63) is 77.0 Å². The summed E-state index contributed by atoms with van der Waals surface area (Å²) in [6.45, 7) is 0.505. The van der Waals surface area contributed by atoms with Crippen LogP contribution in [0.5, 0.6) is 0 Å². The molecule has 3 aromatic rings. The molecule has 0 amide bonds. The SMILES string of the molecule is CNS(=O)(=O)O[C@@H]1C[C@@H](Nc2ncncc2C(=O)c2ccn(Cc3cccc(Cl)c3)c2)[C@@H](F)[C@@H]1O. The third-order valence-electron chi connectivity index (χ3n) is 5.62. The predicted octanol–water partition coefficient (Wildman–Crippen LogP) is 1.94. The summed E-state index contributed by atoms with van der Waals surface area (Å²) in [6, 6.07) is 7.97. The number of ketones is 1. The van der Waals surface area contributed by atoms with Gasteiger partial charge in [-0.25, -0.2) is 14.4 Å². The minimum Gasteiger partial charge on any atom is -0.387 e. The van der Waals surface area contributed by atoms with E-state index in [1.807, 2.05) is 27.5 Å². The topological polar surface area (TPSA) is 135 Å². The molecule has 1 saturated carbocycles. The van der Waals surface area contributed by atoms with Gasteiger partial charge in [-0.3, -0.25) is 8.98 Å². The number of anilines is 1. The first-order chi connectivity index (χ1) is 16.7. The van der Waals surface area contributed by atoms with Crippen LogP contribution in [0.2, 0.25) is 5.02 Å². The first kappa shape index (κ1) is 25.2. The maximum atomic E-state index is 14.7. The molecule has 0 spiro atoms. The first-order valence-corrected chi connectivity index (χ1v) is 12.4. The van der Waals surface area contributed by atoms with Crippen molar-refractivity contribution in [3.63, 3.8) is 0 Å². The molecule has 1 aliphatic rings. The van der Waals surface area contributed by atoms with E-state index in [9.17, 15) is 22.7 Å². The Morgan fingerprint density at radius 2 is 2.17 bits per heavy atom. The van der Waals surface area contributed by atoms with E-state index in [0.717, 1.165) is 12.6 Å². The van der Waals surface area contributed by atoms with Gasteiger partial charge in [0.25, 0.3) is 0 Å². The lowest BCUT2D eigenvalue weighted by Gasteiger charge is -2.17. The lowest BCUT2D eigenvalue weighted by atomic mass is 10.1. The van der Waals surface area contributed by atoms with Crippen LogP contribution in [0, 0.1) is 0 Å². The maximum absolute atomic E-state index is 14.7. The molecule has 35 heavy (non-hydrogen) atoms. The van der Waals surface area contributed by atoms with E-state index in [1.54, 1.807) is 24.5 Å². The van der Waals surface area contributed by atoms with Gasteiger partial charge in [-0.1, -0.05) is 23.7 Å². The zero-order chi connectivity index (χ0) is 25.2. The number of hydrogen-bond donors (Lipinski definition) is 3. The number of carbonyl (C=O) groups excluding carboxylic acids is 1. The van der Waals surface area contributed by atoms with Crippen molar-refractivity contribution in [2.75, 3.05) is 12.4 Å². The summed E-state index contributed by atoms with van der Waals surface area (Å²) in [5, 5.41) is 13.5. The minimum atomic E-state index is -4.13. The van der Waals surface area contributed by atoms with Crippen molar-refractivity contribution in [3.8, 4) is 0 Å². The van der Waals surface area contributed by atoms with Gasteiger partial charge >= 0.3 is 10.3 Å². The van der Waals surface area contributed by atoms with E-state index in [4.69, 9.17) is 15.8 Å². The lowest BCUT2D eigenvalue weighted by molar-refractivity contribution is 0.0248. The molecular formula is C22H23ClFN5O5S. The van der Waals surface area contributed by atoms with Crippen LogP contribution >= 0.6 is 11.6 Å². The normalized spacial score (nSPS) is 22.3. The van der Waals surface area contributed by atoms with Crippen molar-refractivity contribution in [2.45, 2.75) is 37.4 Å². The van der Waals surface area contributed by atoms with E-state index in [0.29, 0.717) is 17.1 Å². The molecule has 4 rings (SSSR count). The summed E-state index contributed by atoms with van der Waals surface area (Å²) < 4.78 is 46.6. The number of benzene rings is 1. The van der Waals surface area contributed by atoms with Crippen LogP contribution in [-0.4, -0.2) is 65.3 Å². The van der Waals surface area contributed by atoms with E-state index in [1.165, 1.54) is 12.5 Å². The molecule has 2 heterocycles. The van der Waals surface area contributed by atoms with Gasteiger partial charge < -0.3 is 15.0 Å². The number of hydrogen-bond acceptors (Lipinski definition) is 8. The molecular weight excluding hydrogens is 501 g/mol. The van der Waals surface area contributed by atoms with Gasteiger partial charge in [-0.2, -0.15) is 13.1 Å². The number of aliphatic hydroxyl groups is 1. The van der Waals surface area contributed by atoms with Crippen LogP contribution in [0.1, 0.15) is 27.9 Å². The van der Waals surface area contributed by atoms with E-state index in [-0.39, 0.29) is 17.8 Å². The average Bonchev–Trinajstić information content (AvgIpc) is 3.39. The highest BCUT2D eigenvalue weighted by Gasteiger charge is 2.46. The highest BCUT2D eigenvalue weighted by molar-refractivity contribution is 7.84. The van der Waals surface area contributed by atoms with Crippen LogP contribution in [0.3, 0.4) is 0 Å². The number of nitrogens with one attached hydrogen (secondary N) is 2. The molecule has 10 nitrogen and oxygen atoms in total. The molecule has 2 aromatic heterocycles. The van der Waals surface area contributed by atoms with Crippen LogP contribution < -0.4 is 10.0 Å². The zero-order valence-corrected chi connectivity index (χ0v) is 20.1. The number of aliphatic hydroxyl groups excluding tert-OH is 1. The van der Waals surface area contributed by atoms with Gasteiger partial charge in [0.05, 0.1) is 11.6 Å². The Labute approximate surface area is 206 Å². The number of carbonyl (C=O) groups is 1. The Bertz CT molecular complexity index is 1320. The van der Waals surface area contributed by atoms with E-state index < -0.39 is 40.5 Å². The third kappa shape index (κ3) is 5.85. The van der Waals surface area contributed by atoms with E-state index >= 15 is 0 Å². The van der Waals surface area contributed by atoms with Gasteiger partial charge in [-0.05, 0) is 23.8 Å². The quantitative estimate of drug-likeness (QED) is 0.362. The molecule has 1 aromatic carbocycles. The van der Waals surface area contributed by atoms with Gasteiger partial charge in [0, 0.05) is 49.2 Å². The maximum Gasteiger partial charge on any atom is 0.335 e. The summed E-state index contributed by atoms with van der Waals surface area (Å²) in [4.78, 5) is 21.2. The van der Waals surface area contributed by atoms with Crippen LogP contribution in [0.4, 0.5) is 10.2 Å². The fourth-order valence-corrected chi connectivity index (χ4v) is 4.70. The largest absolute Gasteiger partial charge is 0.387 e. The molecule has 4 atom stereocenters. The van der Waals surface area contributed by atoms with Crippen LogP contribution in [0.15, 0.2) is 55.2 Å². The Balaban J connectivity index is 1.50. The van der Waals surface area contributed by atoms with Crippen molar-refractivity contribution < 1.29 is 26.9 Å². The molecule has 186 valence electrons. The highest BCUT2D eigenvalue weighted by Crippen LogP contribution is 2.30. The zero-order valence-electron chi connectivity index (χ0n) is 18.5. The summed E-state index contributed by atoms with van der Waals surface area (Å²) in [5.41, 5.74) is 1.43. The molecule has 13 heteroatoms. The molecule has 1 fully saturated rings. The number of halogens is 2. The minimum absolute atomic E-state index is 0.0598. The molecule has 3 N–H and O–H groups in total. The number of alkyl halides is 1. The summed E-state index contributed by atoms with van der Waals surface area (Å²) in [6.07, 6.45) is 0.911. The van der Waals surface area contributed by atoms with Gasteiger partial charge in [0.2, 0.25) is 0 Å². The lowest BCUT2D eigenvalue weighted by Crippen LogP contribution is -2.35. The Morgan fingerprint density at radius 1 is 1.37 bits per heavy atom. The summed E-state index contributed by atoms with van der Waals surface area (Å²) >= 11 is 6.03. The Morgan fingerprint density at radius 3 is 2.91 bits per heavy atom. The molecule has 0 unspecified atom stereocenters. The highest BCUT2D eigenvalue weighted by atomic mass is 35.5. The van der Waals surface area contributed by atoms with Crippen molar-refractivity contribution in [1.29, 1.82) is 0 Å². The molecule has 0 aliphatic heterocycles. The second-order valence-electron chi connectivity index (χ2n) is 8.03. The Kier molecular flexibility index (Phi) is 7.47. The van der Waals surface area contributed by atoms with Gasteiger partial charge in [0.15, 0.2) is 5.78 Å². The van der Waals surface area contributed by atoms with Gasteiger partial charge in [-0.15, -0.1) is 0 Å². The number of rotatable bonds is 9. The van der Waals surface area contributed by atoms with E-state index in [2.05, 4.69) is 15.3 Å². The summed E-state index contributed by atoms with van der Waals surface area (Å²) in [7, 11) is -2.99. The monoisotopic (exact) mass is 523 g/mol. The smallest absolute Gasteiger partial charge is 0.335 e. The fourth-order valence-electron chi connectivity index (χ4n) is 3.87. The molecule has 1 aliphatic carbocycles. The molecule has 0 radical (unpaired) electrons. The van der Waals surface area contributed by atoms with Gasteiger partial charge in [0.1, 0.15) is 30.5 Å². The van der Waals surface area contributed by atoms with Crippen LogP contribution in [-0.2, 0) is 21.0 Å². The fraction of sp³-hybridized carbons (Fsp3) is 0.318. The third-order valence-corrected chi connectivity index (χ3v) is 6.86. The first-order valence-electron chi connectivity index (χ1n) is 10.6. The van der Waals surface area contributed by atoms with Crippen molar-refractivity contribution in [2.24, 2.45) is 0 Å². The second kappa shape index (κ2) is 10.4. The number of aromatic nitrogens is 3. The Hall–Kier alpha value is -2.90. The molecule has 0 bridgehead atoms. The molecule has 0 saturated heterocycles. The summed E-state index contributed by atoms with van der Waals surface area (Å²) in [5.74, 6) is -0.331. The predicted molar refractivity (Wildman–Crippen MR) is 126 cm³/mol.